The van der Waals surface area contributed by atoms with E-state index in [9.17, 15) is 4.79 Å². The van der Waals surface area contributed by atoms with Crippen LogP contribution in [0.15, 0.2) is 60.8 Å². The van der Waals surface area contributed by atoms with Gasteiger partial charge in [0.2, 0.25) is 0 Å². The number of rotatable bonds is 21. The van der Waals surface area contributed by atoms with E-state index in [0.717, 1.165) is 44.9 Å². The van der Waals surface area contributed by atoms with Crippen LogP contribution in [-0.2, 0) is 4.79 Å². The van der Waals surface area contributed by atoms with E-state index in [2.05, 4.69) is 67.7 Å². The van der Waals surface area contributed by atoms with Gasteiger partial charge in [-0.1, -0.05) is 113 Å². The number of carboxylic acids is 1. The first-order chi connectivity index (χ1) is 14.8. The minimum atomic E-state index is -0.664. The second-order valence-electron chi connectivity index (χ2n) is 7.82. The number of hydrogen-bond donors (Lipinski definition) is 1. The molecule has 0 spiro atoms. The molecule has 30 heavy (non-hydrogen) atoms. The highest BCUT2D eigenvalue weighted by Crippen LogP contribution is 2.11. The topological polar surface area (TPSA) is 37.3 Å². The van der Waals surface area contributed by atoms with E-state index < -0.39 is 5.97 Å². The SMILES string of the molecule is CCC=CCC=CCC=CCC=CC/C=C\CCCCCCCCCCCC(=O)O. The summed E-state index contributed by atoms with van der Waals surface area (Å²) in [5.74, 6) is -0.664. The second kappa shape index (κ2) is 25.2. The number of aliphatic carboxylic acids is 1. The van der Waals surface area contributed by atoms with E-state index >= 15 is 0 Å². The van der Waals surface area contributed by atoms with Crippen molar-refractivity contribution in [1.82, 2.24) is 0 Å². The van der Waals surface area contributed by atoms with Gasteiger partial charge in [0.05, 0.1) is 0 Å². The summed E-state index contributed by atoms with van der Waals surface area (Å²) in [5, 5.41) is 8.58. The summed E-state index contributed by atoms with van der Waals surface area (Å²) in [5.41, 5.74) is 0. The Hall–Kier alpha value is -1.83. The molecule has 0 amide bonds. The van der Waals surface area contributed by atoms with Gasteiger partial charge in [-0.2, -0.15) is 0 Å². The van der Waals surface area contributed by atoms with E-state index in [1.165, 1.54) is 51.4 Å². The zero-order valence-corrected chi connectivity index (χ0v) is 19.4. The molecule has 0 radical (unpaired) electrons. The minimum absolute atomic E-state index is 0.329. The van der Waals surface area contributed by atoms with Crippen LogP contribution in [0.25, 0.3) is 0 Å². The van der Waals surface area contributed by atoms with Crippen LogP contribution in [0.3, 0.4) is 0 Å². The normalized spacial score (nSPS) is 12.6. The van der Waals surface area contributed by atoms with Gasteiger partial charge in [-0.25, -0.2) is 0 Å². The molecule has 0 aliphatic carbocycles. The summed E-state index contributed by atoms with van der Waals surface area (Å²) in [6.45, 7) is 2.16. The highest BCUT2D eigenvalue weighted by atomic mass is 16.4. The first-order valence-electron chi connectivity index (χ1n) is 12.2. The molecule has 0 atom stereocenters. The first-order valence-corrected chi connectivity index (χ1v) is 12.2. The highest BCUT2D eigenvalue weighted by Gasteiger charge is 1.96. The third-order valence-electron chi connectivity index (χ3n) is 4.92. The van der Waals surface area contributed by atoms with Gasteiger partial charge in [-0.15, -0.1) is 0 Å². The van der Waals surface area contributed by atoms with Crippen LogP contribution in [0.4, 0.5) is 0 Å². The second-order valence-corrected chi connectivity index (χ2v) is 7.82. The Labute approximate surface area is 186 Å². The lowest BCUT2D eigenvalue weighted by molar-refractivity contribution is -0.137. The number of carbonyl (C=O) groups is 1. The lowest BCUT2D eigenvalue weighted by Gasteiger charge is -2.01. The summed E-state index contributed by atoms with van der Waals surface area (Å²) in [6, 6.07) is 0. The van der Waals surface area contributed by atoms with Crippen molar-refractivity contribution in [2.24, 2.45) is 0 Å². The van der Waals surface area contributed by atoms with Crippen molar-refractivity contribution in [2.45, 2.75) is 110 Å². The average Bonchev–Trinajstić information content (AvgIpc) is 2.73. The molecule has 2 heteroatoms. The molecule has 0 aromatic carbocycles. The Morgan fingerprint density at radius 3 is 1.33 bits per heavy atom. The molecule has 0 aliphatic heterocycles. The fraction of sp³-hybridized carbons (Fsp3) is 0.607. The third-order valence-corrected chi connectivity index (χ3v) is 4.92. The molecular formula is C28H46O2. The van der Waals surface area contributed by atoms with Crippen LogP contribution in [0, 0.1) is 0 Å². The van der Waals surface area contributed by atoms with Gasteiger partial charge in [0.25, 0.3) is 0 Å². The van der Waals surface area contributed by atoms with Gasteiger partial charge < -0.3 is 5.11 Å². The minimum Gasteiger partial charge on any atom is -0.481 e. The van der Waals surface area contributed by atoms with Gasteiger partial charge in [0, 0.05) is 6.42 Å². The van der Waals surface area contributed by atoms with Crippen molar-refractivity contribution in [2.75, 3.05) is 0 Å². The summed E-state index contributed by atoms with van der Waals surface area (Å²) in [7, 11) is 0. The monoisotopic (exact) mass is 414 g/mol. The maximum absolute atomic E-state index is 10.4. The first kappa shape index (κ1) is 28.2. The predicted octanol–water partition coefficient (Wildman–Crippen LogP) is 9.11. The van der Waals surface area contributed by atoms with Crippen molar-refractivity contribution in [1.29, 1.82) is 0 Å². The molecular weight excluding hydrogens is 368 g/mol. The quantitative estimate of drug-likeness (QED) is 0.150. The molecule has 0 aromatic rings. The number of allylic oxidation sites excluding steroid dienone is 10. The van der Waals surface area contributed by atoms with Crippen LogP contribution in [0.1, 0.15) is 110 Å². The molecule has 0 aliphatic rings. The molecule has 0 saturated carbocycles. The fourth-order valence-corrected chi connectivity index (χ4v) is 3.14. The Morgan fingerprint density at radius 2 is 0.900 bits per heavy atom. The molecule has 170 valence electrons. The van der Waals surface area contributed by atoms with Gasteiger partial charge in [-0.3, -0.25) is 4.79 Å². The van der Waals surface area contributed by atoms with Crippen molar-refractivity contribution in [3.8, 4) is 0 Å². The number of carboxylic acid groups (broad SMARTS) is 1. The largest absolute Gasteiger partial charge is 0.481 e. The van der Waals surface area contributed by atoms with Crippen molar-refractivity contribution in [3.05, 3.63) is 60.8 Å². The molecule has 0 unspecified atom stereocenters. The zero-order chi connectivity index (χ0) is 22.0. The van der Waals surface area contributed by atoms with Crippen LogP contribution < -0.4 is 0 Å². The van der Waals surface area contributed by atoms with Crippen molar-refractivity contribution >= 4 is 5.97 Å². The van der Waals surface area contributed by atoms with E-state index in [1.807, 2.05) is 0 Å². The summed E-state index contributed by atoms with van der Waals surface area (Å²) >= 11 is 0. The maximum Gasteiger partial charge on any atom is 0.303 e. The van der Waals surface area contributed by atoms with Crippen LogP contribution in [0.2, 0.25) is 0 Å². The lowest BCUT2D eigenvalue weighted by atomic mass is 10.1. The van der Waals surface area contributed by atoms with Gasteiger partial charge in [0.15, 0.2) is 0 Å². The van der Waals surface area contributed by atoms with E-state index in [1.54, 1.807) is 0 Å². The Bertz CT molecular complexity index is 509. The van der Waals surface area contributed by atoms with Gasteiger partial charge in [0.1, 0.15) is 0 Å². The Morgan fingerprint density at radius 1 is 0.533 bits per heavy atom. The molecule has 0 fully saturated rings. The van der Waals surface area contributed by atoms with Gasteiger partial charge in [-0.05, 0) is 51.4 Å². The fourth-order valence-electron chi connectivity index (χ4n) is 3.14. The lowest BCUT2D eigenvalue weighted by Crippen LogP contribution is -1.93. The smallest absolute Gasteiger partial charge is 0.303 e. The molecule has 0 bridgehead atoms. The molecule has 1 N–H and O–H groups in total. The number of hydrogen-bond acceptors (Lipinski definition) is 1. The van der Waals surface area contributed by atoms with Crippen LogP contribution >= 0.6 is 0 Å². The molecule has 0 saturated heterocycles. The molecule has 0 rings (SSSR count). The van der Waals surface area contributed by atoms with Gasteiger partial charge >= 0.3 is 5.97 Å². The van der Waals surface area contributed by atoms with E-state index in [4.69, 9.17) is 5.11 Å². The summed E-state index contributed by atoms with van der Waals surface area (Å²) < 4.78 is 0. The molecule has 0 aromatic heterocycles. The molecule has 2 nitrogen and oxygen atoms in total. The zero-order valence-electron chi connectivity index (χ0n) is 19.4. The Balaban J connectivity index is 3.32. The third kappa shape index (κ3) is 26.2. The van der Waals surface area contributed by atoms with Crippen molar-refractivity contribution < 1.29 is 9.90 Å². The summed E-state index contributed by atoms with van der Waals surface area (Å²) in [4.78, 5) is 10.4. The van der Waals surface area contributed by atoms with E-state index in [0.29, 0.717) is 6.42 Å². The van der Waals surface area contributed by atoms with Crippen LogP contribution in [-0.4, -0.2) is 11.1 Å². The number of unbranched alkanes of at least 4 members (excludes halogenated alkanes) is 9. The van der Waals surface area contributed by atoms with Crippen molar-refractivity contribution in [3.63, 3.8) is 0 Å². The highest BCUT2D eigenvalue weighted by molar-refractivity contribution is 5.66. The van der Waals surface area contributed by atoms with Crippen LogP contribution in [0.5, 0.6) is 0 Å². The predicted molar refractivity (Wildman–Crippen MR) is 133 cm³/mol. The maximum atomic E-state index is 10.4. The van der Waals surface area contributed by atoms with E-state index in [-0.39, 0.29) is 0 Å². The molecule has 0 heterocycles. The Kier molecular flexibility index (Phi) is 23.7. The standard InChI is InChI=1S/C28H46O2/c1-2-3-4-5-6-7-8-9-10-11-12-13-14-15-16-17-18-19-20-21-22-23-24-25-26-27-28(29)30/h3-4,6-7,9-10,12-13,15-16H,2,5,8,11,14,17-27H2,1H3,(H,29,30)/b4-3?,7-6?,10-9?,13-12?,16-15-. The summed E-state index contributed by atoms with van der Waals surface area (Å²) in [6.07, 6.45) is 40.2. The average molecular weight is 415 g/mol.